The average Bonchev–Trinajstić information content (AvgIpc) is 2.26. The molecule has 104 valence electrons. The summed E-state index contributed by atoms with van der Waals surface area (Å²) in [6.07, 6.45) is 1.67. The summed E-state index contributed by atoms with van der Waals surface area (Å²) in [6.45, 7) is 3.75. The van der Waals surface area contributed by atoms with Crippen molar-refractivity contribution >= 4 is 12.0 Å². The maximum Gasteiger partial charge on any atom is 0.337 e. The van der Waals surface area contributed by atoms with Gasteiger partial charge in [-0.25, -0.2) is 9.59 Å². The van der Waals surface area contributed by atoms with Crippen molar-refractivity contribution in [3.63, 3.8) is 0 Å². The van der Waals surface area contributed by atoms with Crippen molar-refractivity contribution in [2.75, 3.05) is 19.8 Å². The fourth-order valence-electron chi connectivity index (χ4n) is 1.68. The summed E-state index contributed by atoms with van der Waals surface area (Å²) in [7, 11) is 0. The number of ether oxygens (including phenoxy) is 1. The number of carboxylic acids is 1. The highest BCUT2D eigenvalue weighted by Crippen LogP contribution is 2.17. The predicted octanol–water partition coefficient (Wildman–Crippen LogP) is -0.310. The van der Waals surface area contributed by atoms with Crippen LogP contribution >= 0.6 is 0 Å². The van der Waals surface area contributed by atoms with Crippen LogP contribution in [0.25, 0.3) is 0 Å². The zero-order valence-corrected chi connectivity index (χ0v) is 10.7. The summed E-state index contributed by atoms with van der Waals surface area (Å²) in [6, 6.07) is -0.510. The van der Waals surface area contributed by atoms with E-state index in [2.05, 4.69) is 10.6 Å². The molecule has 0 spiro atoms. The summed E-state index contributed by atoms with van der Waals surface area (Å²) < 4.78 is 5.28. The van der Waals surface area contributed by atoms with E-state index in [9.17, 15) is 14.7 Å². The second-order valence-electron chi connectivity index (χ2n) is 5.10. The molecule has 7 nitrogen and oxygen atoms in total. The molecule has 0 bridgehead atoms. The summed E-state index contributed by atoms with van der Waals surface area (Å²) in [4.78, 5) is 22.2. The molecule has 0 aromatic heterocycles. The average molecular weight is 260 g/mol. The topological polar surface area (TPSA) is 108 Å². The SMILES string of the molecule is CC1(NC(=O)NCC(C)(O)C(=O)O)CCCOC1. The number of aliphatic hydroxyl groups is 1. The lowest BCUT2D eigenvalue weighted by atomic mass is 9.95. The fraction of sp³-hybridized carbons (Fsp3) is 0.818. The van der Waals surface area contributed by atoms with E-state index in [0.717, 1.165) is 19.8 Å². The Morgan fingerprint density at radius 2 is 2.17 bits per heavy atom. The predicted molar refractivity (Wildman–Crippen MR) is 63.3 cm³/mol. The monoisotopic (exact) mass is 260 g/mol. The summed E-state index contributed by atoms with van der Waals surface area (Å²) in [5, 5.41) is 23.2. The first-order valence-corrected chi connectivity index (χ1v) is 5.85. The molecule has 2 atom stereocenters. The molecule has 0 aliphatic carbocycles. The molecule has 4 N–H and O–H groups in total. The number of nitrogens with one attached hydrogen (secondary N) is 2. The van der Waals surface area contributed by atoms with Crippen LogP contribution in [0.3, 0.4) is 0 Å². The molecular formula is C11H20N2O5. The molecule has 1 saturated heterocycles. The van der Waals surface area contributed by atoms with Gasteiger partial charge in [-0.3, -0.25) is 0 Å². The van der Waals surface area contributed by atoms with E-state index in [1.807, 2.05) is 6.92 Å². The molecule has 18 heavy (non-hydrogen) atoms. The normalized spacial score (nSPS) is 27.1. The molecule has 0 radical (unpaired) electrons. The molecule has 1 rings (SSSR count). The van der Waals surface area contributed by atoms with Crippen molar-refractivity contribution in [2.24, 2.45) is 0 Å². The highest BCUT2D eigenvalue weighted by atomic mass is 16.5. The molecule has 1 fully saturated rings. The summed E-state index contributed by atoms with van der Waals surface area (Å²) in [5.41, 5.74) is -2.42. The lowest BCUT2D eigenvalue weighted by Gasteiger charge is -2.34. The van der Waals surface area contributed by atoms with Crippen molar-refractivity contribution in [2.45, 2.75) is 37.8 Å². The van der Waals surface area contributed by atoms with Crippen LogP contribution in [0.4, 0.5) is 4.79 Å². The Balaban J connectivity index is 2.40. The highest BCUT2D eigenvalue weighted by Gasteiger charge is 2.32. The van der Waals surface area contributed by atoms with Crippen LogP contribution < -0.4 is 10.6 Å². The van der Waals surface area contributed by atoms with Crippen LogP contribution in [-0.2, 0) is 9.53 Å². The molecule has 2 amide bonds. The van der Waals surface area contributed by atoms with E-state index in [-0.39, 0.29) is 6.54 Å². The standard InChI is InChI=1S/C11H20N2O5/c1-10(4-3-5-18-7-10)13-9(16)12-6-11(2,17)8(14)15/h17H,3-7H2,1-2H3,(H,14,15)(H2,12,13,16). The van der Waals surface area contributed by atoms with Crippen LogP contribution in [-0.4, -0.2) is 53.1 Å². The van der Waals surface area contributed by atoms with Gasteiger partial charge in [0.1, 0.15) is 0 Å². The molecule has 2 unspecified atom stereocenters. The van der Waals surface area contributed by atoms with Crippen LogP contribution in [0.15, 0.2) is 0 Å². The maximum absolute atomic E-state index is 11.6. The number of carbonyl (C=O) groups excluding carboxylic acids is 1. The zero-order valence-electron chi connectivity index (χ0n) is 10.7. The molecule has 1 aliphatic heterocycles. The van der Waals surface area contributed by atoms with Crippen LogP contribution in [0.1, 0.15) is 26.7 Å². The Morgan fingerprint density at radius 1 is 1.50 bits per heavy atom. The molecular weight excluding hydrogens is 240 g/mol. The molecule has 1 heterocycles. The van der Waals surface area contributed by atoms with E-state index in [4.69, 9.17) is 9.84 Å². The van der Waals surface area contributed by atoms with Gasteiger partial charge in [0.25, 0.3) is 0 Å². The molecule has 0 aromatic rings. The molecule has 0 saturated carbocycles. The van der Waals surface area contributed by atoms with Gasteiger partial charge < -0.3 is 25.6 Å². The number of carboxylic acid groups (broad SMARTS) is 1. The summed E-state index contributed by atoms with van der Waals surface area (Å²) >= 11 is 0. The zero-order chi connectivity index (χ0) is 13.8. The number of hydrogen-bond donors (Lipinski definition) is 4. The largest absolute Gasteiger partial charge is 0.479 e. The van der Waals surface area contributed by atoms with Crippen molar-refractivity contribution < 1.29 is 24.5 Å². The van der Waals surface area contributed by atoms with Crippen LogP contribution in [0.5, 0.6) is 0 Å². The van der Waals surface area contributed by atoms with Gasteiger partial charge in [-0.15, -0.1) is 0 Å². The molecule has 1 aliphatic rings. The van der Waals surface area contributed by atoms with Crippen LogP contribution in [0, 0.1) is 0 Å². The van der Waals surface area contributed by atoms with E-state index in [1.54, 1.807) is 0 Å². The first-order chi connectivity index (χ1) is 8.25. The maximum atomic E-state index is 11.6. The number of carbonyl (C=O) groups is 2. The highest BCUT2D eigenvalue weighted by molar-refractivity contribution is 5.79. The first kappa shape index (κ1) is 14.7. The number of amides is 2. The second kappa shape index (κ2) is 5.53. The number of hydrogen-bond acceptors (Lipinski definition) is 4. The minimum atomic E-state index is -1.97. The Labute approximate surface area is 106 Å². The Morgan fingerprint density at radius 3 is 2.67 bits per heavy atom. The molecule has 7 heteroatoms. The second-order valence-corrected chi connectivity index (χ2v) is 5.10. The van der Waals surface area contributed by atoms with Gasteiger partial charge in [0.05, 0.1) is 18.7 Å². The number of aliphatic carboxylic acids is 1. The third kappa shape index (κ3) is 4.15. The fourth-order valence-corrected chi connectivity index (χ4v) is 1.68. The van der Waals surface area contributed by atoms with Gasteiger partial charge in [-0.2, -0.15) is 0 Å². The van der Waals surface area contributed by atoms with Gasteiger partial charge in [-0.05, 0) is 26.7 Å². The van der Waals surface area contributed by atoms with Crippen LogP contribution in [0.2, 0.25) is 0 Å². The van der Waals surface area contributed by atoms with Gasteiger partial charge in [0.2, 0.25) is 0 Å². The quantitative estimate of drug-likeness (QED) is 0.554. The lowest BCUT2D eigenvalue weighted by molar-refractivity contribution is -0.155. The van der Waals surface area contributed by atoms with Crippen molar-refractivity contribution in [3.05, 3.63) is 0 Å². The Bertz CT molecular complexity index is 323. The third-order valence-electron chi connectivity index (χ3n) is 2.91. The summed E-state index contributed by atoms with van der Waals surface area (Å²) in [5.74, 6) is -1.38. The Hall–Kier alpha value is -1.34. The van der Waals surface area contributed by atoms with Crippen molar-refractivity contribution in [1.29, 1.82) is 0 Å². The van der Waals surface area contributed by atoms with E-state index in [0.29, 0.717) is 13.2 Å². The van der Waals surface area contributed by atoms with E-state index < -0.39 is 23.1 Å². The van der Waals surface area contributed by atoms with Crippen molar-refractivity contribution in [1.82, 2.24) is 10.6 Å². The van der Waals surface area contributed by atoms with Gasteiger partial charge in [0.15, 0.2) is 5.60 Å². The third-order valence-corrected chi connectivity index (χ3v) is 2.91. The smallest absolute Gasteiger partial charge is 0.337 e. The van der Waals surface area contributed by atoms with E-state index >= 15 is 0 Å². The molecule has 0 aromatic carbocycles. The lowest BCUT2D eigenvalue weighted by Crippen LogP contribution is -2.57. The minimum Gasteiger partial charge on any atom is -0.479 e. The number of urea groups is 1. The van der Waals surface area contributed by atoms with E-state index in [1.165, 1.54) is 0 Å². The van der Waals surface area contributed by atoms with Gasteiger partial charge in [0, 0.05) is 6.61 Å². The number of rotatable bonds is 4. The Kier molecular flexibility index (Phi) is 4.53. The van der Waals surface area contributed by atoms with Gasteiger partial charge >= 0.3 is 12.0 Å². The minimum absolute atomic E-state index is 0.356. The van der Waals surface area contributed by atoms with Gasteiger partial charge in [-0.1, -0.05) is 0 Å². The first-order valence-electron chi connectivity index (χ1n) is 5.85. The van der Waals surface area contributed by atoms with Crippen molar-refractivity contribution in [3.8, 4) is 0 Å².